The fourth-order valence-electron chi connectivity index (χ4n) is 7.27. The van der Waals surface area contributed by atoms with Gasteiger partial charge in [0.25, 0.3) is 0 Å². The molecule has 2 bridgehead atoms. The summed E-state index contributed by atoms with van der Waals surface area (Å²) in [5.74, 6) is -2.72. The van der Waals surface area contributed by atoms with Crippen molar-refractivity contribution < 1.29 is 38.2 Å². The summed E-state index contributed by atoms with van der Waals surface area (Å²) in [5.41, 5.74) is 5.05. The van der Waals surface area contributed by atoms with E-state index in [1.807, 2.05) is 36.4 Å². The molecule has 9 nitrogen and oxygen atoms in total. The van der Waals surface area contributed by atoms with E-state index in [1.54, 1.807) is 24.3 Å². The van der Waals surface area contributed by atoms with Gasteiger partial charge in [-0.15, -0.1) is 0 Å². The predicted molar refractivity (Wildman–Crippen MR) is 146 cm³/mol. The Labute approximate surface area is 234 Å². The van der Waals surface area contributed by atoms with E-state index in [-0.39, 0.29) is 6.10 Å². The van der Waals surface area contributed by atoms with Crippen LogP contribution in [0.4, 0.5) is 0 Å². The molecule has 4 atom stereocenters. The van der Waals surface area contributed by atoms with Gasteiger partial charge in [-0.3, -0.25) is 9.59 Å². The zero-order chi connectivity index (χ0) is 28.3. The van der Waals surface area contributed by atoms with Gasteiger partial charge in [0.15, 0.2) is 0 Å². The number of nitrogens with zero attached hydrogens (tertiary/aromatic N) is 1. The number of esters is 2. The Bertz CT molecular complexity index is 1140. The minimum Gasteiger partial charge on any atom is -0.481 e. The van der Waals surface area contributed by atoms with Gasteiger partial charge in [0.2, 0.25) is 11.9 Å². The number of carbonyl (C=O) groups excluding carboxylic acids is 2. The van der Waals surface area contributed by atoms with Crippen LogP contribution in [0.15, 0.2) is 60.7 Å². The summed E-state index contributed by atoms with van der Waals surface area (Å²) in [7, 11) is 0. The number of piperidine rings is 1. The molecule has 0 radical (unpaired) electrons. The van der Waals surface area contributed by atoms with E-state index in [2.05, 4.69) is 0 Å². The van der Waals surface area contributed by atoms with Crippen molar-refractivity contribution in [3.63, 3.8) is 0 Å². The second-order valence-corrected chi connectivity index (χ2v) is 11.4. The SMILES string of the molecule is C[C@H](OC(=O)[C@@H](N)CC(=O)O)OC(C(=O)OC1CC2CCC(C1)[N+]21CCCC1)(c1ccccc1)c1ccccc1. The van der Waals surface area contributed by atoms with Gasteiger partial charge in [0.1, 0.15) is 12.1 Å². The summed E-state index contributed by atoms with van der Waals surface area (Å²) in [4.78, 5) is 37.9. The van der Waals surface area contributed by atoms with Crippen LogP contribution in [-0.2, 0) is 34.2 Å². The minimum atomic E-state index is -1.73. The molecule has 5 rings (SSSR count). The van der Waals surface area contributed by atoms with E-state index in [1.165, 1.54) is 50.2 Å². The molecule has 2 aromatic carbocycles. The molecule has 0 aromatic heterocycles. The van der Waals surface area contributed by atoms with Crippen molar-refractivity contribution >= 4 is 17.9 Å². The standard InChI is InChI=1S/C31H38N2O7/c1-21(38-29(36)27(32)20-28(34)35)40-31(22-10-4-2-5-11-22,23-12-6-3-7-13-23)30(37)39-26-18-24-14-15-25(19-26)33(24)16-8-9-17-33/h2-7,10-13,21,24-27H,8-9,14-20,32H2,1H3/p+1/t21-,24?,25?,26?,27+/m1/s1. The van der Waals surface area contributed by atoms with Crippen LogP contribution in [0, 0.1) is 0 Å². The number of hydrogen-bond acceptors (Lipinski definition) is 7. The highest BCUT2D eigenvalue weighted by Crippen LogP contribution is 2.47. The molecule has 3 heterocycles. The van der Waals surface area contributed by atoms with Crippen LogP contribution in [0.1, 0.15) is 63.0 Å². The summed E-state index contributed by atoms with van der Waals surface area (Å²) >= 11 is 0. The predicted octanol–water partition coefficient (Wildman–Crippen LogP) is 3.49. The van der Waals surface area contributed by atoms with Crippen LogP contribution in [0.2, 0.25) is 0 Å². The molecule has 3 N–H and O–H groups in total. The topological polar surface area (TPSA) is 125 Å². The molecule has 9 heteroatoms. The van der Waals surface area contributed by atoms with E-state index >= 15 is 0 Å². The lowest BCUT2D eigenvalue weighted by Gasteiger charge is -2.47. The van der Waals surface area contributed by atoms with Gasteiger partial charge in [-0.25, -0.2) is 4.79 Å². The molecular weight excluding hydrogens is 512 g/mol. The zero-order valence-corrected chi connectivity index (χ0v) is 22.9. The first-order valence-corrected chi connectivity index (χ1v) is 14.3. The Balaban J connectivity index is 1.44. The second-order valence-electron chi connectivity index (χ2n) is 11.4. The molecule has 2 aromatic rings. The first-order chi connectivity index (χ1) is 19.2. The molecule has 1 spiro atoms. The number of carboxylic acid groups (broad SMARTS) is 1. The van der Waals surface area contributed by atoms with E-state index in [4.69, 9.17) is 25.1 Å². The lowest BCUT2D eigenvalue weighted by atomic mass is 9.85. The second kappa shape index (κ2) is 11.7. The fourth-order valence-corrected chi connectivity index (χ4v) is 7.27. The summed E-state index contributed by atoms with van der Waals surface area (Å²) in [6.07, 6.45) is 4.48. The summed E-state index contributed by atoms with van der Waals surface area (Å²) in [6, 6.07) is 17.7. The molecule has 0 saturated carbocycles. The molecular formula is C31H39N2O7+. The van der Waals surface area contributed by atoms with Crippen LogP contribution in [0.3, 0.4) is 0 Å². The number of quaternary nitrogens is 1. The normalized spacial score (nSPS) is 24.8. The molecule has 2 unspecified atom stereocenters. The fraction of sp³-hybridized carbons (Fsp3) is 0.516. The van der Waals surface area contributed by atoms with Crippen molar-refractivity contribution in [3.05, 3.63) is 71.8 Å². The first kappa shape index (κ1) is 28.3. The third kappa shape index (κ3) is 5.38. The van der Waals surface area contributed by atoms with Gasteiger partial charge in [-0.1, -0.05) is 60.7 Å². The smallest absolute Gasteiger partial charge is 0.348 e. The number of ether oxygens (including phenoxy) is 3. The van der Waals surface area contributed by atoms with Crippen molar-refractivity contribution in [3.8, 4) is 0 Å². The van der Waals surface area contributed by atoms with E-state index in [9.17, 15) is 14.4 Å². The van der Waals surface area contributed by atoms with Crippen molar-refractivity contribution in [2.75, 3.05) is 13.1 Å². The van der Waals surface area contributed by atoms with Gasteiger partial charge in [0, 0.05) is 38.5 Å². The molecule has 214 valence electrons. The quantitative estimate of drug-likeness (QED) is 0.261. The van der Waals surface area contributed by atoms with E-state index in [0.717, 1.165) is 12.8 Å². The van der Waals surface area contributed by atoms with Crippen molar-refractivity contribution in [2.24, 2.45) is 5.73 Å². The average Bonchev–Trinajstić information content (AvgIpc) is 3.48. The van der Waals surface area contributed by atoms with E-state index in [0.29, 0.717) is 23.2 Å². The Morgan fingerprint density at radius 1 is 0.950 bits per heavy atom. The van der Waals surface area contributed by atoms with Crippen molar-refractivity contribution in [1.29, 1.82) is 0 Å². The third-order valence-corrected chi connectivity index (χ3v) is 9.00. The Morgan fingerprint density at radius 3 is 1.98 bits per heavy atom. The van der Waals surface area contributed by atoms with Gasteiger partial charge in [-0.05, 0) is 18.1 Å². The van der Waals surface area contributed by atoms with Crippen LogP contribution >= 0.6 is 0 Å². The first-order valence-electron chi connectivity index (χ1n) is 14.3. The number of rotatable bonds is 10. The summed E-state index contributed by atoms with van der Waals surface area (Å²) in [6.45, 7) is 3.94. The highest BCUT2D eigenvalue weighted by Gasteiger charge is 2.57. The Kier molecular flexibility index (Phi) is 8.26. The highest BCUT2D eigenvalue weighted by atomic mass is 16.7. The molecule has 3 fully saturated rings. The molecule has 0 amide bonds. The van der Waals surface area contributed by atoms with Crippen molar-refractivity contribution in [2.45, 2.75) is 88.0 Å². The van der Waals surface area contributed by atoms with Crippen LogP contribution in [0.25, 0.3) is 0 Å². The highest BCUT2D eigenvalue weighted by molar-refractivity contribution is 5.86. The lowest BCUT2D eigenvalue weighted by Crippen LogP contribution is -2.60. The number of hydrogen-bond donors (Lipinski definition) is 2. The summed E-state index contributed by atoms with van der Waals surface area (Å²) < 4.78 is 19.3. The Hall–Kier alpha value is -3.27. The van der Waals surface area contributed by atoms with Crippen LogP contribution in [0.5, 0.6) is 0 Å². The average molecular weight is 552 g/mol. The number of carbonyl (C=O) groups is 3. The van der Waals surface area contributed by atoms with Crippen LogP contribution in [-0.4, -0.2) is 71.1 Å². The monoisotopic (exact) mass is 551 g/mol. The molecule has 40 heavy (non-hydrogen) atoms. The van der Waals surface area contributed by atoms with E-state index < -0.39 is 42.3 Å². The number of carboxylic acids is 1. The number of benzene rings is 2. The van der Waals surface area contributed by atoms with Gasteiger partial charge >= 0.3 is 17.9 Å². The molecule has 3 saturated heterocycles. The van der Waals surface area contributed by atoms with Gasteiger partial charge in [0.05, 0.1) is 31.6 Å². The molecule has 3 aliphatic rings. The summed E-state index contributed by atoms with van der Waals surface area (Å²) in [5, 5.41) is 9.01. The van der Waals surface area contributed by atoms with Crippen molar-refractivity contribution in [1.82, 2.24) is 0 Å². The molecule has 3 aliphatic heterocycles. The minimum absolute atomic E-state index is 0.230. The van der Waals surface area contributed by atoms with Gasteiger partial charge < -0.3 is 29.5 Å². The molecule has 0 aliphatic carbocycles. The zero-order valence-electron chi connectivity index (χ0n) is 22.9. The maximum atomic E-state index is 14.4. The number of nitrogens with two attached hydrogens (primary N) is 1. The third-order valence-electron chi connectivity index (χ3n) is 9.00. The Morgan fingerprint density at radius 2 is 1.48 bits per heavy atom. The number of aliphatic carboxylic acids is 1. The largest absolute Gasteiger partial charge is 0.481 e. The van der Waals surface area contributed by atoms with Gasteiger partial charge in [-0.2, -0.15) is 0 Å². The maximum Gasteiger partial charge on any atom is 0.348 e. The maximum absolute atomic E-state index is 14.4. The van der Waals surface area contributed by atoms with Crippen LogP contribution < -0.4 is 5.73 Å². The lowest BCUT2D eigenvalue weighted by molar-refractivity contribution is -0.956.